The summed E-state index contributed by atoms with van der Waals surface area (Å²) in [6, 6.07) is 11.8. The lowest BCUT2D eigenvalue weighted by Gasteiger charge is -2.46. The number of cyclic esters (lactones) is 1. The number of amides is 2. The molecule has 0 bridgehead atoms. The Hall–Kier alpha value is -3.32. The number of likely N-dealkylation sites (N-methyl/N-ethyl adjacent to an activating group) is 1. The maximum Gasteiger partial charge on any atom is 0.410 e. The summed E-state index contributed by atoms with van der Waals surface area (Å²) in [6.45, 7) is 10.6. The van der Waals surface area contributed by atoms with E-state index in [-0.39, 0.29) is 17.6 Å². The molecule has 0 radical (unpaired) electrons. The molecular weight excluding hydrogens is 716 g/mol. The maximum atomic E-state index is 13.1. The van der Waals surface area contributed by atoms with Gasteiger partial charge in [0.25, 0.3) is 5.91 Å². The first-order valence-electron chi connectivity index (χ1n) is 19.0. The highest BCUT2D eigenvalue weighted by Gasteiger charge is 2.44. The highest BCUT2D eigenvalue weighted by Crippen LogP contribution is 2.47. The van der Waals surface area contributed by atoms with Gasteiger partial charge in [-0.25, -0.2) is 17.9 Å². The second-order valence-corrected chi connectivity index (χ2v) is 18.2. The Balaban J connectivity index is 0.000000370. The number of nitrogens with one attached hydrogen (secondary N) is 1. The van der Waals surface area contributed by atoms with Crippen LogP contribution in [-0.2, 0) is 31.3 Å². The van der Waals surface area contributed by atoms with E-state index in [4.69, 9.17) is 25.8 Å². The number of fused-ring (bicyclic) bond motifs is 4. The summed E-state index contributed by atoms with van der Waals surface area (Å²) in [5.74, 6) is 0.892. The molecule has 2 aromatic rings. The Morgan fingerprint density at radius 3 is 2.68 bits per heavy atom. The van der Waals surface area contributed by atoms with Gasteiger partial charge in [-0.15, -0.1) is 0 Å². The van der Waals surface area contributed by atoms with Gasteiger partial charge in [-0.3, -0.25) is 9.69 Å². The molecule has 3 heterocycles. The van der Waals surface area contributed by atoms with Gasteiger partial charge in [0.1, 0.15) is 12.4 Å². The lowest BCUT2D eigenvalue weighted by atomic mass is 9.68. The minimum absolute atomic E-state index is 0.0660. The Morgan fingerprint density at radius 2 is 1.96 bits per heavy atom. The van der Waals surface area contributed by atoms with Crippen LogP contribution in [0.3, 0.4) is 0 Å². The lowest BCUT2D eigenvalue weighted by molar-refractivity contribution is 0.0132. The number of hydrogen-bond donors (Lipinski definition) is 1. The molecule has 2 aliphatic carbocycles. The van der Waals surface area contributed by atoms with Crippen molar-refractivity contribution in [1.82, 2.24) is 14.5 Å². The minimum atomic E-state index is -3.76. The van der Waals surface area contributed by atoms with Crippen LogP contribution in [0.2, 0.25) is 5.02 Å². The molecule has 13 heteroatoms. The van der Waals surface area contributed by atoms with Crippen LogP contribution in [0.1, 0.15) is 74.4 Å². The summed E-state index contributed by atoms with van der Waals surface area (Å²) >= 11 is 6.40. The second kappa shape index (κ2) is 16.6. The predicted octanol–water partition coefficient (Wildman–Crippen LogP) is 6.04. The molecule has 1 saturated carbocycles. The van der Waals surface area contributed by atoms with E-state index >= 15 is 0 Å². The molecule has 7 rings (SSSR count). The molecule has 4 unspecified atom stereocenters. The number of sulfonamides is 1. The van der Waals surface area contributed by atoms with Gasteiger partial charge >= 0.3 is 6.09 Å². The molecular formula is C40H55ClN4O7S. The molecule has 5 atom stereocenters. The van der Waals surface area contributed by atoms with Crippen molar-refractivity contribution in [2.24, 2.45) is 11.8 Å². The molecule has 3 aliphatic heterocycles. The van der Waals surface area contributed by atoms with Crippen LogP contribution >= 0.6 is 11.6 Å². The van der Waals surface area contributed by atoms with E-state index in [1.807, 2.05) is 17.0 Å². The van der Waals surface area contributed by atoms with Crippen LogP contribution in [0.15, 0.2) is 48.6 Å². The number of aryl methyl sites for hydroxylation is 1. The largest absolute Gasteiger partial charge is 0.490 e. The number of methoxy groups -OCH3 is 1. The average Bonchev–Trinajstić information content (AvgIpc) is 3.41. The molecule has 2 saturated heterocycles. The van der Waals surface area contributed by atoms with Crippen molar-refractivity contribution in [2.45, 2.75) is 82.1 Å². The van der Waals surface area contributed by atoms with Crippen molar-refractivity contribution in [3.05, 3.63) is 70.3 Å². The maximum absolute atomic E-state index is 13.1. The van der Waals surface area contributed by atoms with Crippen molar-refractivity contribution in [2.75, 3.05) is 65.0 Å². The third-order valence-corrected chi connectivity index (χ3v) is 13.6. The Morgan fingerprint density at radius 1 is 1.15 bits per heavy atom. The average molecular weight is 771 g/mol. The smallest absolute Gasteiger partial charge is 0.410 e. The first kappa shape index (κ1) is 39.4. The number of ether oxygens (including phenoxy) is 3. The monoisotopic (exact) mass is 770 g/mol. The molecule has 0 aromatic heterocycles. The van der Waals surface area contributed by atoms with Crippen molar-refractivity contribution < 1.29 is 32.2 Å². The first-order chi connectivity index (χ1) is 25.3. The highest BCUT2D eigenvalue weighted by atomic mass is 35.5. The quantitative estimate of drug-likeness (QED) is 0.305. The number of nitrogens with zero attached hydrogens (tertiary/aromatic N) is 3. The normalized spacial score (nSPS) is 26.0. The predicted molar refractivity (Wildman–Crippen MR) is 208 cm³/mol. The molecule has 1 spiro atoms. The van der Waals surface area contributed by atoms with E-state index in [2.05, 4.69) is 52.8 Å². The van der Waals surface area contributed by atoms with Gasteiger partial charge in [0, 0.05) is 55.8 Å². The van der Waals surface area contributed by atoms with E-state index < -0.39 is 21.2 Å². The van der Waals surface area contributed by atoms with Crippen LogP contribution in [0.4, 0.5) is 10.5 Å². The number of carbonyl (C=O) groups is 2. The molecule has 53 heavy (non-hydrogen) atoms. The van der Waals surface area contributed by atoms with Crippen LogP contribution in [0, 0.1) is 11.8 Å². The summed E-state index contributed by atoms with van der Waals surface area (Å²) in [6.07, 6.45) is 10.5. The van der Waals surface area contributed by atoms with Gasteiger partial charge in [0.05, 0.1) is 29.7 Å². The number of carbonyl (C=O) groups excluding carboxylic acids is 2. The van der Waals surface area contributed by atoms with E-state index in [9.17, 15) is 18.0 Å². The summed E-state index contributed by atoms with van der Waals surface area (Å²) in [5.41, 5.74) is 3.44. The number of halogens is 1. The second-order valence-electron chi connectivity index (χ2n) is 15.5. The summed E-state index contributed by atoms with van der Waals surface area (Å²) in [7, 11) is 0.0879. The van der Waals surface area contributed by atoms with Crippen LogP contribution in [-0.4, -0.2) is 108 Å². The van der Waals surface area contributed by atoms with Gasteiger partial charge in [-0.05, 0) is 113 Å². The van der Waals surface area contributed by atoms with Crippen molar-refractivity contribution in [3.63, 3.8) is 0 Å². The molecule has 3 fully saturated rings. The Bertz CT molecular complexity index is 1790. The van der Waals surface area contributed by atoms with Gasteiger partial charge in [-0.2, -0.15) is 0 Å². The standard InChI is InChI=1S/C33H43ClN2O5S.C7H12N2O2/c1-5-6-9-30(40-4)27-13-10-25(27)19-36-20-33(16-7-8-23-17-26(34)12-14-28(23)33)21-41-31-15-11-24(18-29(31)36)32(37)35-42(38,39)22(2)3;1-8-2-3-9-6(4-8)5-11-7(9)10/h6,9,11-12,14-15,17-18,22,25,27,30H,5,7-8,10,13,16,19-21H2,1-4H3,(H,35,37);6H,2-5H2,1H3/b9-6+;/t25?,27?,30?,33-;/m0./s1. The zero-order valence-electron chi connectivity index (χ0n) is 31.7. The van der Waals surface area contributed by atoms with Crippen molar-refractivity contribution in [1.29, 1.82) is 0 Å². The molecule has 290 valence electrons. The lowest BCUT2D eigenvalue weighted by Crippen LogP contribution is -2.50. The molecule has 1 N–H and O–H groups in total. The van der Waals surface area contributed by atoms with E-state index in [0.717, 1.165) is 82.0 Å². The Kier molecular flexibility index (Phi) is 12.3. The van der Waals surface area contributed by atoms with Gasteiger partial charge in [-0.1, -0.05) is 36.7 Å². The third kappa shape index (κ3) is 8.66. The number of hydrogen-bond acceptors (Lipinski definition) is 9. The van der Waals surface area contributed by atoms with E-state index in [0.29, 0.717) is 42.4 Å². The zero-order chi connectivity index (χ0) is 37.9. The van der Waals surface area contributed by atoms with Gasteiger partial charge in [0.15, 0.2) is 0 Å². The first-order valence-corrected chi connectivity index (χ1v) is 20.9. The zero-order valence-corrected chi connectivity index (χ0v) is 33.3. The summed E-state index contributed by atoms with van der Waals surface area (Å²) in [4.78, 5) is 30.5. The van der Waals surface area contributed by atoms with E-state index in [1.54, 1.807) is 33.1 Å². The molecule has 11 nitrogen and oxygen atoms in total. The summed E-state index contributed by atoms with van der Waals surface area (Å²) in [5, 5.41) is 0.0309. The van der Waals surface area contributed by atoms with Crippen molar-refractivity contribution in [3.8, 4) is 5.75 Å². The number of anilines is 1. The van der Waals surface area contributed by atoms with E-state index in [1.165, 1.54) is 11.1 Å². The number of allylic oxidation sites excluding steroid dienone is 1. The topological polar surface area (TPSA) is 118 Å². The third-order valence-electron chi connectivity index (χ3n) is 11.7. The Labute approximate surface area is 320 Å². The number of benzene rings is 2. The van der Waals surface area contributed by atoms with Crippen molar-refractivity contribution >= 4 is 39.3 Å². The minimum Gasteiger partial charge on any atom is -0.490 e. The number of piperazine rings is 1. The van der Waals surface area contributed by atoms with Crippen LogP contribution in [0.5, 0.6) is 5.75 Å². The highest BCUT2D eigenvalue weighted by molar-refractivity contribution is 7.90. The fraction of sp³-hybridized carbons (Fsp3) is 0.600. The fourth-order valence-corrected chi connectivity index (χ4v) is 9.22. The van der Waals surface area contributed by atoms with Crippen LogP contribution < -0.4 is 14.4 Å². The summed E-state index contributed by atoms with van der Waals surface area (Å²) < 4.78 is 44.5. The fourth-order valence-electron chi connectivity index (χ4n) is 8.41. The number of rotatable bonds is 9. The molecule has 2 aromatic carbocycles. The van der Waals surface area contributed by atoms with Gasteiger partial charge in [0.2, 0.25) is 10.0 Å². The SMILES string of the molecule is CC/C=C/C(OC)C1CCC1CN1C[C@@]2(CCCc3cc(Cl)ccc32)COc2ccc(C(=O)NS(=O)(=O)C(C)C)cc21.CN1CCN2C(=O)OCC2C1. The molecule has 2 amide bonds. The molecule has 5 aliphatic rings. The van der Waals surface area contributed by atoms with Gasteiger partial charge < -0.3 is 24.0 Å². The van der Waals surface area contributed by atoms with Crippen LogP contribution in [0.25, 0.3) is 0 Å².